The average Bonchev–Trinajstić information content (AvgIpc) is 2.47. The second-order valence-corrected chi connectivity index (χ2v) is 4.49. The molecule has 0 aromatic heterocycles. The molecule has 2 N–H and O–H groups in total. The standard InChI is InChI=1S/C16H17NO3/c1-11(14-5-3-4-6-15(14)18)17-13-9-7-12(8-10-13)16(19)20-2/h3-11,17-18H,1-2H3. The minimum absolute atomic E-state index is 0.0415. The summed E-state index contributed by atoms with van der Waals surface area (Å²) in [4.78, 5) is 11.3. The third-order valence-corrected chi connectivity index (χ3v) is 3.09. The van der Waals surface area contributed by atoms with Gasteiger partial charge in [0.15, 0.2) is 0 Å². The SMILES string of the molecule is COC(=O)c1ccc(NC(C)c2ccccc2O)cc1. The molecule has 0 fully saturated rings. The number of hydrogen-bond acceptors (Lipinski definition) is 4. The van der Waals surface area contributed by atoms with Crippen LogP contribution in [0.25, 0.3) is 0 Å². The van der Waals surface area contributed by atoms with Crippen molar-refractivity contribution < 1.29 is 14.6 Å². The van der Waals surface area contributed by atoms with Gasteiger partial charge in [0.1, 0.15) is 5.75 Å². The first-order chi connectivity index (χ1) is 9.61. The van der Waals surface area contributed by atoms with Crippen LogP contribution in [0.1, 0.15) is 28.9 Å². The largest absolute Gasteiger partial charge is 0.508 e. The molecule has 0 aliphatic heterocycles. The van der Waals surface area contributed by atoms with Crippen molar-refractivity contribution in [2.75, 3.05) is 12.4 Å². The Kier molecular flexibility index (Phi) is 4.25. The molecule has 1 atom stereocenters. The van der Waals surface area contributed by atoms with Crippen molar-refractivity contribution in [1.29, 1.82) is 0 Å². The van der Waals surface area contributed by atoms with Crippen LogP contribution in [0, 0.1) is 0 Å². The van der Waals surface area contributed by atoms with E-state index in [2.05, 4.69) is 10.1 Å². The lowest BCUT2D eigenvalue weighted by atomic mass is 10.1. The second kappa shape index (κ2) is 6.10. The van der Waals surface area contributed by atoms with Gasteiger partial charge in [-0.05, 0) is 37.3 Å². The number of ether oxygens (including phenoxy) is 1. The van der Waals surface area contributed by atoms with Crippen LogP contribution in [0.3, 0.4) is 0 Å². The van der Waals surface area contributed by atoms with Crippen LogP contribution < -0.4 is 5.32 Å². The van der Waals surface area contributed by atoms with Crippen molar-refractivity contribution in [3.05, 3.63) is 59.7 Å². The van der Waals surface area contributed by atoms with E-state index in [0.29, 0.717) is 5.56 Å². The lowest BCUT2D eigenvalue weighted by Gasteiger charge is -2.17. The number of esters is 1. The van der Waals surface area contributed by atoms with E-state index in [1.54, 1.807) is 24.3 Å². The van der Waals surface area contributed by atoms with Gasteiger partial charge in [0.05, 0.1) is 18.7 Å². The van der Waals surface area contributed by atoms with Crippen LogP contribution in [0.4, 0.5) is 5.69 Å². The van der Waals surface area contributed by atoms with E-state index in [4.69, 9.17) is 0 Å². The van der Waals surface area contributed by atoms with E-state index in [0.717, 1.165) is 11.3 Å². The summed E-state index contributed by atoms with van der Waals surface area (Å²) in [5, 5.41) is 13.1. The van der Waals surface area contributed by atoms with Gasteiger partial charge in [-0.25, -0.2) is 4.79 Å². The van der Waals surface area contributed by atoms with Crippen molar-refractivity contribution in [2.24, 2.45) is 0 Å². The number of carbonyl (C=O) groups excluding carboxylic acids is 1. The number of para-hydroxylation sites is 1. The average molecular weight is 271 g/mol. The molecule has 0 amide bonds. The Labute approximate surface area is 118 Å². The summed E-state index contributed by atoms with van der Waals surface area (Å²) in [6, 6.07) is 14.2. The van der Waals surface area contributed by atoms with Gasteiger partial charge in [-0.1, -0.05) is 18.2 Å². The van der Waals surface area contributed by atoms with E-state index >= 15 is 0 Å². The number of phenolic OH excluding ortho intramolecular Hbond substituents is 1. The van der Waals surface area contributed by atoms with Crippen LogP contribution in [0.15, 0.2) is 48.5 Å². The fourth-order valence-electron chi connectivity index (χ4n) is 2.00. The second-order valence-electron chi connectivity index (χ2n) is 4.49. The van der Waals surface area contributed by atoms with Gasteiger partial charge in [0, 0.05) is 11.3 Å². The van der Waals surface area contributed by atoms with Gasteiger partial charge < -0.3 is 15.2 Å². The highest BCUT2D eigenvalue weighted by atomic mass is 16.5. The van der Waals surface area contributed by atoms with E-state index in [1.807, 2.05) is 31.2 Å². The molecule has 0 saturated carbocycles. The molecule has 0 saturated heterocycles. The van der Waals surface area contributed by atoms with Gasteiger partial charge in [0.25, 0.3) is 0 Å². The zero-order chi connectivity index (χ0) is 14.5. The molecule has 2 aromatic rings. The maximum atomic E-state index is 11.3. The Bertz CT molecular complexity index is 593. The monoisotopic (exact) mass is 271 g/mol. The summed E-state index contributed by atoms with van der Waals surface area (Å²) in [7, 11) is 1.36. The molecule has 20 heavy (non-hydrogen) atoms. The highest BCUT2D eigenvalue weighted by molar-refractivity contribution is 5.89. The summed E-state index contributed by atoms with van der Waals surface area (Å²) < 4.78 is 4.65. The van der Waals surface area contributed by atoms with Crippen LogP contribution in [-0.2, 0) is 4.74 Å². The molecule has 0 bridgehead atoms. The van der Waals surface area contributed by atoms with Gasteiger partial charge in [-0.3, -0.25) is 0 Å². The number of rotatable bonds is 4. The zero-order valence-electron chi connectivity index (χ0n) is 11.5. The van der Waals surface area contributed by atoms with Crippen LogP contribution in [0.2, 0.25) is 0 Å². The lowest BCUT2D eigenvalue weighted by molar-refractivity contribution is 0.0601. The first-order valence-corrected chi connectivity index (χ1v) is 6.34. The first-order valence-electron chi connectivity index (χ1n) is 6.34. The molecule has 0 aliphatic carbocycles. The Balaban J connectivity index is 2.10. The van der Waals surface area contributed by atoms with Crippen molar-refractivity contribution in [3.8, 4) is 5.75 Å². The summed E-state index contributed by atoms with van der Waals surface area (Å²) >= 11 is 0. The Morgan fingerprint density at radius 2 is 1.80 bits per heavy atom. The van der Waals surface area contributed by atoms with Crippen molar-refractivity contribution >= 4 is 11.7 Å². The van der Waals surface area contributed by atoms with Crippen LogP contribution in [-0.4, -0.2) is 18.2 Å². The predicted molar refractivity (Wildman–Crippen MR) is 77.9 cm³/mol. The molecule has 0 heterocycles. The molecular formula is C16H17NO3. The fraction of sp³-hybridized carbons (Fsp3) is 0.188. The molecule has 2 rings (SSSR count). The number of carbonyl (C=O) groups is 1. The number of methoxy groups -OCH3 is 1. The summed E-state index contributed by atoms with van der Waals surface area (Å²) in [5.74, 6) is -0.0935. The topological polar surface area (TPSA) is 58.6 Å². The molecular weight excluding hydrogens is 254 g/mol. The fourth-order valence-corrected chi connectivity index (χ4v) is 2.00. The minimum atomic E-state index is -0.356. The quantitative estimate of drug-likeness (QED) is 0.837. The lowest BCUT2D eigenvalue weighted by Crippen LogP contribution is -2.07. The molecule has 0 spiro atoms. The molecule has 0 aliphatic rings. The smallest absolute Gasteiger partial charge is 0.337 e. The third kappa shape index (κ3) is 3.09. The zero-order valence-corrected chi connectivity index (χ0v) is 11.5. The number of hydrogen-bond donors (Lipinski definition) is 2. The van der Waals surface area contributed by atoms with E-state index in [9.17, 15) is 9.90 Å². The maximum absolute atomic E-state index is 11.3. The van der Waals surface area contributed by atoms with Gasteiger partial charge in [-0.2, -0.15) is 0 Å². The summed E-state index contributed by atoms with van der Waals surface area (Å²) in [5.41, 5.74) is 2.20. The number of benzene rings is 2. The molecule has 4 heteroatoms. The number of phenols is 1. The maximum Gasteiger partial charge on any atom is 0.337 e. The van der Waals surface area contributed by atoms with E-state index < -0.39 is 0 Å². The minimum Gasteiger partial charge on any atom is -0.508 e. The van der Waals surface area contributed by atoms with Crippen molar-refractivity contribution in [2.45, 2.75) is 13.0 Å². The molecule has 1 unspecified atom stereocenters. The van der Waals surface area contributed by atoms with Crippen molar-refractivity contribution in [3.63, 3.8) is 0 Å². The molecule has 104 valence electrons. The highest BCUT2D eigenvalue weighted by Gasteiger charge is 2.10. The van der Waals surface area contributed by atoms with Gasteiger partial charge in [-0.15, -0.1) is 0 Å². The normalized spacial score (nSPS) is 11.7. The van der Waals surface area contributed by atoms with Gasteiger partial charge >= 0.3 is 5.97 Å². The number of nitrogens with one attached hydrogen (secondary N) is 1. The number of anilines is 1. The molecule has 2 aromatic carbocycles. The Morgan fingerprint density at radius 3 is 2.40 bits per heavy atom. The Morgan fingerprint density at radius 1 is 1.15 bits per heavy atom. The summed E-state index contributed by atoms with van der Waals surface area (Å²) in [6.07, 6.45) is 0. The van der Waals surface area contributed by atoms with Gasteiger partial charge in [0.2, 0.25) is 0 Å². The predicted octanol–water partition coefficient (Wildman–Crippen LogP) is 3.35. The molecule has 4 nitrogen and oxygen atoms in total. The third-order valence-electron chi connectivity index (χ3n) is 3.09. The van der Waals surface area contributed by atoms with Crippen LogP contribution in [0.5, 0.6) is 5.75 Å². The van der Waals surface area contributed by atoms with E-state index in [-0.39, 0.29) is 17.8 Å². The van der Waals surface area contributed by atoms with Crippen LogP contribution >= 0.6 is 0 Å². The summed E-state index contributed by atoms with van der Waals surface area (Å²) in [6.45, 7) is 1.96. The first kappa shape index (κ1) is 13.9. The molecule has 0 radical (unpaired) electrons. The Hall–Kier alpha value is -2.49. The highest BCUT2D eigenvalue weighted by Crippen LogP contribution is 2.26. The number of aromatic hydroxyl groups is 1. The van der Waals surface area contributed by atoms with E-state index in [1.165, 1.54) is 7.11 Å². The van der Waals surface area contributed by atoms with Crippen molar-refractivity contribution in [1.82, 2.24) is 0 Å².